The van der Waals surface area contributed by atoms with Crippen molar-refractivity contribution in [3.05, 3.63) is 70.9 Å². The number of hydrogen-bond donors (Lipinski definition) is 2. The predicted octanol–water partition coefficient (Wildman–Crippen LogP) is 7.36. The fourth-order valence-corrected chi connectivity index (χ4v) is 5.01. The van der Waals surface area contributed by atoms with E-state index >= 15 is 0 Å². The summed E-state index contributed by atoms with van der Waals surface area (Å²) >= 11 is 0. The van der Waals surface area contributed by atoms with E-state index in [0.29, 0.717) is 18.3 Å². The molecule has 1 aromatic carbocycles. The minimum Gasteiger partial charge on any atom is -0.504 e. The Labute approximate surface area is 198 Å². The van der Waals surface area contributed by atoms with Crippen molar-refractivity contribution >= 4 is 0 Å². The average Bonchev–Trinajstić information content (AvgIpc) is 3.60. The Kier molecular flexibility index (Phi) is 8.20. The molecule has 33 heavy (non-hydrogen) atoms. The first kappa shape index (κ1) is 23.5. The van der Waals surface area contributed by atoms with E-state index in [9.17, 15) is 5.11 Å². The highest BCUT2D eigenvalue weighted by Gasteiger charge is 2.23. The number of rotatable bonds is 12. The fraction of sp³-hybridized carbons (Fsp3) is 0.517. The Morgan fingerprint density at radius 2 is 1.82 bits per heavy atom. The molecule has 0 spiro atoms. The molecule has 1 aliphatic carbocycles. The molecule has 1 atom stereocenters. The van der Waals surface area contributed by atoms with E-state index in [2.05, 4.69) is 43.2 Å². The standard InChI is InChI=1S/C29H39NO3/c1-3-4-9-26-13-14-27(33-26)12-10-22-11-15-28(31)29(18-22)32-17-16-25-19-24(20-30-25)21(2)23-7-5-6-8-23/h11,13-15,18-21,23,30-31H,3-10,12,16-17H2,1-2H3. The number of aromatic nitrogens is 1. The van der Waals surface area contributed by atoms with Gasteiger partial charge in [-0.25, -0.2) is 0 Å². The first-order valence-electron chi connectivity index (χ1n) is 12.8. The van der Waals surface area contributed by atoms with Gasteiger partial charge in [0.15, 0.2) is 11.5 Å². The zero-order valence-electron chi connectivity index (χ0n) is 20.2. The largest absolute Gasteiger partial charge is 0.504 e. The van der Waals surface area contributed by atoms with Crippen LogP contribution in [0.4, 0.5) is 0 Å². The van der Waals surface area contributed by atoms with Gasteiger partial charge >= 0.3 is 0 Å². The number of aryl methyl sites for hydroxylation is 3. The van der Waals surface area contributed by atoms with Crippen LogP contribution in [0.15, 0.2) is 47.0 Å². The summed E-state index contributed by atoms with van der Waals surface area (Å²) in [5.74, 6) is 4.30. The maximum absolute atomic E-state index is 10.2. The van der Waals surface area contributed by atoms with E-state index in [1.807, 2.05) is 12.1 Å². The molecule has 178 valence electrons. The van der Waals surface area contributed by atoms with E-state index in [1.165, 1.54) is 43.4 Å². The zero-order valence-corrected chi connectivity index (χ0v) is 20.2. The van der Waals surface area contributed by atoms with Crippen LogP contribution in [0.2, 0.25) is 0 Å². The minimum atomic E-state index is 0.195. The maximum atomic E-state index is 10.2. The maximum Gasteiger partial charge on any atom is 0.161 e. The Hall–Kier alpha value is -2.62. The topological polar surface area (TPSA) is 58.4 Å². The van der Waals surface area contributed by atoms with Gasteiger partial charge in [-0.1, -0.05) is 39.2 Å². The third-order valence-electron chi connectivity index (χ3n) is 7.21. The Morgan fingerprint density at radius 1 is 1.03 bits per heavy atom. The fourth-order valence-electron chi connectivity index (χ4n) is 5.01. The summed E-state index contributed by atoms with van der Waals surface area (Å²) in [4.78, 5) is 3.42. The second kappa shape index (κ2) is 11.5. The van der Waals surface area contributed by atoms with Crippen LogP contribution < -0.4 is 4.74 Å². The van der Waals surface area contributed by atoms with Gasteiger partial charge in [-0.3, -0.25) is 0 Å². The molecule has 0 amide bonds. The lowest BCUT2D eigenvalue weighted by molar-refractivity contribution is 0.302. The predicted molar refractivity (Wildman–Crippen MR) is 133 cm³/mol. The monoisotopic (exact) mass is 449 g/mol. The van der Waals surface area contributed by atoms with Gasteiger partial charge < -0.3 is 19.2 Å². The van der Waals surface area contributed by atoms with Gasteiger partial charge in [0.05, 0.1) is 6.61 Å². The van der Waals surface area contributed by atoms with Crippen molar-refractivity contribution in [2.75, 3.05) is 6.61 Å². The molecule has 1 aliphatic rings. The number of H-pyrrole nitrogens is 1. The molecule has 3 aromatic rings. The third-order valence-corrected chi connectivity index (χ3v) is 7.21. The van der Waals surface area contributed by atoms with Crippen molar-refractivity contribution in [2.24, 2.45) is 5.92 Å². The van der Waals surface area contributed by atoms with Gasteiger partial charge in [0.1, 0.15) is 11.5 Å². The lowest BCUT2D eigenvalue weighted by Gasteiger charge is -2.17. The molecule has 4 nitrogen and oxygen atoms in total. The molecule has 0 bridgehead atoms. The second-order valence-corrected chi connectivity index (χ2v) is 9.66. The molecule has 1 unspecified atom stereocenters. The molecule has 1 saturated carbocycles. The number of hydrogen-bond acceptors (Lipinski definition) is 3. The molecule has 0 aliphatic heterocycles. The van der Waals surface area contributed by atoms with Crippen molar-refractivity contribution in [1.82, 2.24) is 4.98 Å². The lowest BCUT2D eigenvalue weighted by atomic mass is 9.88. The summed E-state index contributed by atoms with van der Waals surface area (Å²) < 4.78 is 11.9. The van der Waals surface area contributed by atoms with E-state index in [1.54, 1.807) is 6.07 Å². The van der Waals surface area contributed by atoms with Crippen LogP contribution in [0, 0.1) is 5.92 Å². The van der Waals surface area contributed by atoms with Crippen LogP contribution in [-0.4, -0.2) is 16.7 Å². The molecule has 0 radical (unpaired) electrons. The highest BCUT2D eigenvalue weighted by atomic mass is 16.5. The van der Waals surface area contributed by atoms with Gasteiger partial charge in [0, 0.05) is 31.2 Å². The first-order chi connectivity index (χ1) is 16.1. The van der Waals surface area contributed by atoms with Gasteiger partial charge in [0.2, 0.25) is 0 Å². The van der Waals surface area contributed by atoms with Gasteiger partial charge in [-0.2, -0.15) is 0 Å². The van der Waals surface area contributed by atoms with Crippen LogP contribution >= 0.6 is 0 Å². The molecule has 1 fully saturated rings. The highest BCUT2D eigenvalue weighted by molar-refractivity contribution is 5.42. The molecule has 2 heterocycles. The summed E-state index contributed by atoms with van der Waals surface area (Å²) in [5.41, 5.74) is 3.75. The van der Waals surface area contributed by atoms with Gasteiger partial charge in [0.25, 0.3) is 0 Å². The molecular formula is C29H39NO3. The lowest BCUT2D eigenvalue weighted by Crippen LogP contribution is -2.05. The first-order valence-corrected chi connectivity index (χ1v) is 12.8. The van der Waals surface area contributed by atoms with Crippen molar-refractivity contribution in [2.45, 2.75) is 84.0 Å². The number of phenols is 1. The summed E-state index contributed by atoms with van der Waals surface area (Å²) in [7, 11) is 0. The number of furan rings is 1. The van der Waals surface area contributed by atoms with Gasteiger partial charge in [-0.05, 0) is 79.0 Å². The zero-order chi connectivity index (χ0) is 23.0. The summed E-state index contributed by atoms with van der Waals surface area (Å²) in [6.07, 6.45) is 13.5. The molecule has 2 aromatic heterocycles. The molecule has 2 N–H and O–H groups in total. The normalized spacial score (nSPS) is 15.2. The van der Waals surface area contributed by atoms with E-state index in [-0.39, 0.29) is 5.75 Å². The second-order valence-electron chi connectivity index (χ2n) is 9.66. The van der Waals surface area contributed by atoms with Crippen LogP contribution in [0.1, 0.15) is 86.6 Å². The van der Waals surface area contributed by atoms with E-state index in [0.717, 1.165) is 55.1 Å². The van der Waals surface area contributed by atoms with Crippen LogP contribution in [-0.2, 0) is 25.7 Å². The average molecular weight is 450 g/mol. The molecule has 4 rings (SSSR count). The third kappa shape index (κ3) is 6.46. The summed E-state index contributed by atoms with van der Waals surface area (Å²) in [6.45, 7) is 5.09. The van der Waals surface area contributed by atoms with Crippen LogP contribution in [0.3, 0.4) is 0 Å². The van der Waals surface area contributed by atoms with Crippen LogP contribution in [0.25, 0.3) is 0 Å². The van der Waals surface area contributed by atoms with Crippen molar-refractivity contribution in [1.29, 1.82) is 0 Å². The molecular weight excluding hydrogens is 410 g/mol. The minimum absolute atomic E-state index is 0.195. The number of unbranched alkanes of at least 4 members (excludes halogenated alkanes) is 1. The van der Waals surface area contributed by atoms with Crippen molar-refractivity contribution < 1.29 is 14.3 Å². The van der Waals surface area contributed by atoms with E-state index < -0.39 is 0 Å². The number of benzene rings is 1. The number of ether oxygens (including phenoxy) is 1. The van der Waals surface area contributed by atoms with Crippen LogP contribution in [0.5, 0.6) is 11.5 Å². The molecule has 4 heteroatoms. The smallest absolute Gasteiger partial charge is 0.161 e. The van der Waals surface area contributed by atoms with E-state index in [4.69, 9.17) is 9.15 Å². The molecule has 0 saturated heterocycles. The van der Waals surface area contributed by atoms with Gasteiger partial charge in [-0.15, -0.1) is 0 Å². The quantitative estimate of drug-likeness (QED) is 0.304. The SMILES string of the molecule is CCCCc1ccc(CCc2ccc(O)c(OCCc3cc(C(C)C4CCCC4)c[nH]3)c2)o1. The Bertz CT molecular complexity index is 996. The highest BCUT2D eigenvalue weighted by Crippen LogP contribution is 2.37. The number of aromatic amines is 1. The Balaban J connectivity index is 1.26. The van der Waals surface area contributed by atoms with Crippen molar-refractivity contribution in [3.63, 3.8) is 0 Å². The summed E-state index contributed by atoms with van der Waals surface area (Å²) in [6, 6.07) is 12.1. The summed E-state index contributed by atoms with van der Waals surface area (Å²) in [5, 5.41) is 10.2. The Morgan fingerprint density at radius 3 is 2.61 bits per heavy atom. The number of aromatic hydroxyl groups is 1. The van der Waals surface area contributed by atoms with Crippen molar-refractivity contribution in [3.8, 4) is 11.5 Å². The number of nitrogens with one attached hydrogen (secondary N) is 1. The number of phenolic OH excluding ortho intramolecular Hbond substituents is 1.